The molecule has 0 spiro atoms. The Morgan fingerprint density at radius 3 is 2.29 bits per heavy atom. The maximum atomic E-state index is 13.9. The van der Waals surface area contributed by atoms with Crippen molar-refractivity contribution in [2.24, 2.45) is 0 Å². The molecule has 38 heavy (non-hydrogen) atoms. The third-order valence-electron chi connectivity index (χ3n) is 7.96. The Hall–Kier alpha value is -3.25. The molecule has 1 saturated carbocycles. The molecule has 6 nitrogen and oxygen atoms in total. The summed E-state index contributed by atoms with van der Waals surface area (Å²) in [5, 5.41) is 4.10. The van der Waals surface area contributed by atoms with E-state index < -0.39 is 5.92 Å². The Kier molecular flexibility index (Phi) is 7.80. The summed E-state index contributed by atoms with van der Waals surface area (Å²) in [5.41, 5.74) is 4.55. The van der Waals surface area contributed by atoms with E-state index >= 15 is 0 Å². The van der Waals surface area contributed by atoms with Crippen molar-refractivity contribution < 1.29 is 23.8 Å². The van der Waals surface area contributed by atoms with Gasteiger partial charge in [0.2, 0.25) is 0 Å². The van der Waals surface area contributed by atoms with Gasteiger partial charge in [-0.25, -0.2) is 4.79 Å². The molecule has 0 amide bonds. The number of ketones is 1. The fourth-order valence-electron chi connectivity index (χ4n) is 6.04. The molecule has 0 bridgehead atoms. The van der Waals surface area contributed by atoms with Crippen molar-refractivity contribution >= 4 is 23.4 Å². The molecular formula is C31H34ClNO5. The number of carbonyl (C=O) groups is 2. The summed E-state index contributed by atoms with van der Waals surface area (Å²) in [4.78, 5) is 27.6. The van der Waals surface area contributed by atoms with Crippen LogP contribution in [0.2, 0.25) is 5.02 Å². The van der Waals surface area contributed by atoms with Gasteiger partial charge in [0, 0.05) is 34.3 Å². The summed E-state index contributed by atoms with van der Waals surface area (Å²) >= 11 is 6.10. The lowest BCUT2D eigenvalue weighted by Crippen LogP contribution is -2.37. The molecule has 2 aromatic carbocycles. The molecule has 0 aromatic heterocycles. The van der Waals surface area contributed by atoms with Crippen LogP contribution in [0.3, 0.4) is 0 Å². The normalized spacial score (nSPS) is 22.1. The number of carbonyl (C=O) groups excluding carboxylic acids is 2. The second kappa shape index (κ2) is 11.2. The van der Waals surface area contributed by atoms with E-state index in [1.807, 2.05) is 49.4 Å². The molecule has 200 valence electrons. The SMILES string of the molecule is COc1ccc(C2C(C(=O)OC3CCCCC3)=C(C)NC3=C2C(=O)CC(c2ccc(Cl)cc2)C3)cc1OC. The average Bonchev–Trinajstić information content (AvgIpc) is 2.92. The van der Waals surface area contributed by atoms with Crippen molar-refractivity contribution in [3.8, 4) is 11.5 Å². The van der Waals surface area contributed by atoms with Gasteiger partial charge < -0.3 is 19.5 Å². The van der Waals surface area contributed by atoms with Crippen molar-refractivity contribution in [3.05, 3.63) is 81.2 Å². The van der Waals surface area contributed by atoms with E-state index in [0.717, 1.165) is 42.5 Å². The molecule has 2 atom stereocenters. The molecule has 0 radical (unpaired) electrons. The average molecular weight is 536 g/mol. The van der Waals surface area contributed by atoms with Crippen molar-refractivity contribution in [3.63, 3.8) is 0 Å². The molecule has 1 N–H and O–H groups in total. The zero-order chi connectivity index (χ0) is 26.8. The van der Waals surface area contributed by atoms with Gasteiger partial charge in [0.25, 0.3) is 0 Å². The quantitative estimate of drug-likeness (QED) is 0.420. The first-order chi connectivity index (χ1) is 18.4. The number of benzene rings is 2. The maximum Gasteiger partial charge on any atom is 0.337 e. The van der Waals surface area contributed by atoms with Crippen LogP contribution in [0.4, 0.5) is 0 Å². The number of esters is 1. The molecule has 1 heterocycles. The first-order valence-corrected chi connectivity index (χ1v) is 13.7. The summed E-state index contributed by atoms with van der Waals surface area (Å²) in [6.07, 6.45) is 5.98. The zero-order valence-corrected chi connectivity index (χ0v) is 22.9. The predicted molar refractivity (Wildman–Crippen MR) is 147 cm³/mol. The Balaban J connectivity index is 1.56. The lowest BCUT2D eigenvalue weighted by atomic mass is 9.71. The highest BCUT2D eigenvalue weighted by molar-refractivity contribution is 6.30. The van der Waals surface area contributed by atoms with Crippen LogP contribution in [0.25, 0.3) is 0 Å². The van der Waals surface area contributed by atoms with Gasteiger partial charge in [0.1, 0.15) is 6.10 Å². The summed E-state index contributed by atoms with van der Waals surface area (Å²) in [5.74, 6) is 0.270. The van der Waals surface area contributed by atoms with Crippen LogP contribution in [-0.2, 0) is 14.3 Å². The third-order valence-corrected chi connectivity index (χ3v) is 8.21. The van der Waals surface area contributed by atoms with E-state index in [2.05, 4.69) is 5.32 Å². The first-order valence-electron chi connectivity index (χ1n) is 13.3. The first kappa shape index (κ1) is 26.4. The van der Waals surface area contributed by atoms with Crippen molar-refractivity contribution in [1.29, 1.82) is 0 Å². The van der Waals surface area contributed by atoms with E-state index in [4.69, 9.17) is 25.8 Å². The second-order valence-electron chi connectivity index (χ2n) is 10.3. The highest BCUT2D eigenvalue weighted by Gasteiger charge is 2.42. The molecule has 1 fully saturated rings. The number of ether oxygens (including phenoxy) is 3. The van der Waals surface area contributed by atoms with Crippen LogP contribution in [0.1, 0.15) is 74.8 Å². The fraction of sp³-hybridized carbons (Fsp3) is 0.419. The number of rotatable bonds is 6. The van der Waals surface area contributed by atoms with Crippen LogP contribution in [0.15, 0.2) is 65.0 Å². The van der Waals surface area contributed by atoms with E-state index in [0.29, 0.717) is 46.2 Å². The minimum Gasteiger partial charge on any atom is -0.493 e. The molecule has 2 aliphatic carbocycles. The monoisotopic (exact) mass is 535 g/mol. The minimum absolute atomic E-state index is 0.0222. The summed E-state index contributed by atoms with van der Waals surface area (Å²) in [7, 11) is 3.16. The Morgan fingerprint density at radius 2 is 1.61 bits per heavy atom. The zero-order valence-electron chi connectivity index (χ0n) is 22.1. The summed E-state index contributed by atoms with van der Waals surface area (Å²) in [6.45, 7) is 1.89. The van der Waals surface area contributed by atoms with E-state index in [1.54, 1.807) is 14.2 Å². The molecule has 2 aromatic rings. The summed E-state index contributed by atoms with van der Waals surface area (Å²) in [6, 6.07) is 13.3. The van der Waals surface area contributed by atoms with E-state index in [-0.39, 0.29) is 23.8 Å². The van der Waals surface area contributed by atoms with Gasteiger partial charge in [-0.2, -0.15) is 0 Å². The maximum absolute atomic E-state index is 13.9. The van der Waals surface area contributed by atoms with Crippen LogP contribution >= 0.6 is 11.6 Å². The predicted octanol–water partition coefficient (Wildman–Crippen LogP) is 6.59. The van der Waals surface area contributed by atoms with Gasteiger partial charge in [-0.15, -0.1) is 0 Å². The van der Waals surface area contributed by atoms with Gasteiger partial charge in [-0.05, 0) is 80.3 Å². The lowest BCUT2D eigenvalue weighted by Gasteiger charge is -2.37. The Labute approximate surface area is 229 Å². The smallest absolute Gasteiger partial charge is 0.337 e. The topological polar surface area (TPSA) is 73.9 Å². The van der Waals surface area contributed by atoms with Gasteiger partial charge >= 0.3 is 5.97 Å². The number of Topliss-reactive ketones (excluding diaryl/α,β-unsaturated/α-hetero) is 1. The molecule has 0 saturated heterocycles. The second-order valence-corrected chi connectivity index (χ2v) is 10.8. The van der Waals surface area contributed by atoms with Crippen molar-refractivity contribution in [1.82, 2.24) is 5.32 Å². The van der Waals surface area contributed by atoms with E-state index in [9.17, 15) is 9.59 Å². The fourth-order valence-corrected chi connectivity index (χ4v) is 6.17. The highest BCUT2D eigenvalue weighted by atomic mass is 35.5. The van der Waals surface area contributed by atoms with Crippen LogP contribution < -0.4 is 14.8 Å². The van der Waals surface area contributed by atoms with Crippen LogP contribution in [-0.4, -0.2) is 32.1 Å². The molecule has 7 heteroatoms. The van der Waals surface area contributed by atoms with Gasteiger partial charge in [0.15, 0.2) is 17.3 Å². The van der Waals surface area contributed by atoms with Crippen molar-refractivity contribution in [2.75, 3.05) is 14.2 Å². The summed E-state index contributed by atoms with van der Waals surface area (Å²) < 4.78 is 17.1. The Morgan fingerprint density at radius 1 is 0.921 bits per heavy atom. The minimum atomic E-state index is -0.555. The van der Waals surface area contributed by atoms with Gasteiger partial charge in [0.05, 0.1) is 19.8 Å². The lowest BCUT2D eigenvalue weighted by molar-refractivity contribution is -0.146. The molecule has 3 aliphatic rings. The number of dihydropyridines is 1. The number of hydrogen-bond donors (Lipinski definition) is 1. The molecule has 1 aliphatic heterocycles. The third kappa shape index (κ3) is 5.19. The number of nitrogens with one attached hydrogen (secondary N) is 1. The molecule has 2 unspecified atom stereocenters. The largest absolute Gasteiger partial charge is 0.493 e. The van der Waals surface area contributed by atoms with E-state index in [1.165, 1.54) is 6.42 Å². The number of halogens is 1. The number of hydrogen-bond acceptors (Lipinski definition) is 6. The highest BCUT2D eigenvalue weighted by Crippen LogP contribution is 2.47. The van der Waals surface area contributed by atoms with Gasteiger partial charge in [-0.3, -0.25) is 4.79 Å². The van der Waals surface area contributed by atoms with Crippen LogP contribution in [0.5, 0.6) is 11.5 Å². The standard InChI is InChI=1S/C31H34ClNO5/c1-18-28(31(35)38-23-7-5-4-6-8-23)29(20-11-14-26(36-2)27(17-20)37-3)30-24(33-18)15-21(16-25(30)34)19-9-12-22(32)13-10-19/h9-14,17,21,23,29,33H,4-8,15-16H2,1-3H3. The molecular weight excluding hydrogens is 502 g/mol. The number of methoxy groups -OCH3 is 2. The van der Waals surface area contributed by atoms with Crippen LogP contribution in [0, 0.1) is 0 Å². The van der Waals surface area contributed by atoms with Gasteiger partial charge in [-0.1, -0.05) is 36.2 Å². The number of allylic oxidation sites excluding steroid dienone is 3. The van der Waals surface area contributed by atoms with Crippen molar-refractivity contribution in [2.45, 2.75) is 69.8 Å². The molecule has 5 rings (SSSR count). The Bertz CT molecular complexity index is 1290.